The number of para-hydroxylation sites is 1. The van der Waals surface area contributed by atoms with Crippen molar-refractivity contribution in [2.45, 2.75) is 0 Å². The predicted molar refractivity (Wildman–Crippen MR) is 126 cm³/mol. The number of nitrogens with one attached hydrogen (secondary N) is 1. The van der Waals surface area contributed by atoms with Crippen LogP contribution in [0.3, 0.4) is 0 Å². The van der Waals surface area contributed by atoms with Crippen LogP contribution in [0.4, 0.5) is 17.1 Å². The molecule has 1 fully saturated rings. The molecule has 0 aromatic heterocycles. The van der Waals surface area contributed by atoms with Crippen molar-refractivity contribution in [1.29, 1.82) is 0 Å². The van der Waals surface area contributed by atoms with Crippen LogP contribution in [0.25, 0.3) is 6.08 Å². The van der Waals surface area contributed by atoms with E-state index in [1.807, 2.05) is 30.3 Å². The average Bonchev–Trinajstić information content (AvgIpc) is 3.06. The smallest absolute Gasteiger partial charge is 0.271 e. The molecular formula is C22H17N3O4S2. The number of amidine groups is 1. The molecule has 4 rings (SSSR count). The number of aromatic hydroxyl groups is 1. The number of hydrogen-bond donors (Lipinski definition) is 3. The predicted octanol–water partition coefficient (Wildman–Crippen LogP) is 4.75. The summed E-state index contributed by atoms with van der Waals surface area (Å²) in [5.74, 6) is -0.0410. The number of amides is 1. The second-order valence-electron chi connectivity index (χ2n) is 6.47. The number of rotatable bonds is 5. The van der Waals surface area contributed by atoms with Crippen molar-refractivity contribution in [2.24, 2.45) is 4.99 Å². The van der Waals surface area contributed by atoms with Gasteiger partial charge in [0.05, 0.1) is 16.3 Å². The van der Waals surface area contributed by atoms with Crippen LogP contribution in [-0.4, -0.2) is 24.9 Å². The molecule has 0 bridgehead atoms. The fourth-order valence-electron chi connectivity index (χ4n) is 2.89. The third-order valence-electron chi connectivity index (χ3n) is 4.31. The second kappa shape index (κ2) is 9.17. The number of thioether (sulfide) groups is 1. The molecule has 1 aliphatic rings. The minimum absolute atomic E-state index is 0.156. The Labute approximate surface area is 185 Å². The number of phenolic OH excluding ortho intramolecular Hbond substituents is 1. The Morgan fingerprint density at radius 2 is 1.65 bits per heavy atom. The molecule has 3 N–H and O–H groups in total. The van der Waals surface area contributed by atoms with Gasteiger partial charge < -0.3 is 5.11 Å². The first-order valence-corrected chi connectivity index (χ1v) is 11.1. The van der Waals surface area contributed by atoms with Crippen molar-refractivity contribution >= 4 is 57.2 Å². The van der Waals surface area contributed by atoms with Crippen LogP contribution in [0.5, 0.6) is 5.75 Å². The van der Waals surface area contributed by atoms with Crippen LogP contribution in [0, 0.1) is 0 Å². The van der Waals surface area contributed by atoms with Gasteiger partial charge in [-0.1, -0.05) is 30.3 Å². The van der Waals surface area contributed by atoms with Gasteiger partial charge in [0.25, 0.3) is 17.2 Å². The van der Waals surface area contributed by atoms with E-state index in [-0.39, 0.29) is 11.7 Å². The molecule has 1 atom stereocenters. The fourth-order valence-corrected chi connectivity index (χ4v) is 4.23. The van der Waals surface area contributed by atoms with Crippen molar-refractivity contribution in [3.8, 4) is 5.75 Å². The summed E-state index contributed by atoms with van der Waals surface area (Å²) < 4.78 is 22.2. The zero-order valence-corrected chi connectivity index (χ0v) is 17.6. The van der Waals surface area contributed by atoms with Crippen LogP contribution < -0.4 is 9.62 Å². The summed E-state index contributed by atoms with van der Waals surface area (Å²) in [5, 5.41) is 9.97. The lowest BCUT2D eigenvalue weighted by Crippen LogP contribution is -2.28. The van der Waals surface area contributed by atoms with Crippen molar-refractivity contribution in [1.82, 2.24) is 0 Å². The van der Waals surface area contributed by atoms with E-state index in [2.05, 4.69) is 9.71 Å². The molecule has 1 saturated heterocycles. The number of benzene rings is 3. The minimum atomic E-state index is -2.15. The molecular weight excluding hydrogens is 434 g/mol. The highest BCUT2D eigenvalue weighted by Gasteiger charge is 2.34. The maximum atomic E-state index is 13.2. The minimum Gasteiger partial charge on any atom is -0.508 e. The lowest BCUT2D eigenvalue weighted by molar-refractivity contribution is -0.113. The summed E-state index contributed by atoms with van der Waals surface area (Å²) >= 11 is -0.903. The lowest BCUT2D eigenvalue weighted by Gasteiger charge is -2.15. The number of carbonyl (C=O) groups is 1. The molecule has 3 aromatic carbocycles. The highest BCUT2D eigenvalue weighted by molar-refractivity contribution is 8.19. The van der Waals surface area contributed by atoms with Crippen molar-refractivity contribution in [3.05, 3.63) is 89.3 Å². The number of phenols is 1. The molecule has 0 radical (unpaired) electrons. The number of carbonyl (C=O) groups excluding carboxylic acids is 1. The van der Waals surface area contributed by atoms with Crippen LogP contribution in [0.15, 0.2) is 88.8 Å². The standard InChI is InChI=1S/C22H17N3O4S2/c26-19-12-6-15(7-13-19)14-20-21(27)25(18-4-2-1-3-5-18)22(30-20)23-16-8-10-17(11-9-16)24-31(28)29/h1-14,24,26H,(H,28,29)/b20-14-,23-22?. The van der Waals surface area contributed by atoms with Crippen molar-refractivity contribution < 1.29 is 18.7 Å². The van der Waals surface area contributed by atoms with Gasteiger partial charge in [0.2, 0.25) is 0 Å². The van der Waals surface area contributed by atoms with Gasteiger partial charge in [-0.05, 0) is 71.9 Å². The molecule has 156 valence electrons. The van der Waals surface area contributed by atoms with E-state index in [9.17, 15) is 14.1 Å². The molecule has 0 aliphatic carbocycles. The molecule has 7 nitrogen and oxygen atoms in total. The maximum Gasteiger partial charge on any atom is 0.271 e. The van der Waals surface area contributed by atoms with E-state index >= 15 is 0 Å². The van der Waals surface area contributed by atoms with Gasteiger partial charge in [0.1, 0.15) is 5.75 Å². The summed E-state index contributed by atoms with van der Waals surface area (Å²) in [6.45, 7) is 0. The topological polar surface area (TPSA) is 102 Å². The maximum absolute atomic E-state index is 13.2. The normalized spacial score (nSPS) is 17.3. The van der Waals surface area contributed by atoms with Gasteiger partial charge in [-0.15, -0.1) is 0 Å². The van der Waals surface area contributed by atoms with Crippen LogP contribution >= 0.6 is 11.8 Å². The Bertz CT molecular complexity index is 1180. The van der Waals surface area contributed by atoms with Gasteiger partial charge in [-0.3, -0.25) is 19.0 Å². The molecule has 1 unspecified atom stereocenters. The number of anilines is 2. The summed E-state index contributed by atoms with van der Waals surface area (Å²) in [6.07, 6.45) is 1.76. The molecule has 0 spiro atoms. The fraction of sp³-hybridized carbons (Fsp3) is 0. The molecule has 3 aromatic rings. The van der Waals surface area contributed by atoms with Crippen molar-refractivity contribution in [3.63, 3.8) is 0 Å². The van der Waals surface area contributed by atoms with E-state index in [1.54, 1.807) is 59.5 Å². The van der Waals surface area contributed by atoms with E-state index < -0.39 is 11.3 Å². The Kier molecular flexibility index (Phi) is 6.17. The van der Waals surface area contributed by atoms with Gasteiger partial charge >= 0.3 is 0 Å². The van der Waals surface area contributed by atoms with Crippen LogP contribution in [0.2, 0.25) is 0 Å². The first kappa shape index (κ1) is 20.9. The zero-order valence-electron chi connectivity index (χ0n) is 16.0. The third kappa shape index (κ3) is 5.02. The van der Waals surface area contributed by atoms with E-state index in [4.69, 9.17) is 4.55 Å². The monoisotopic (exact) mass is 451 g/mol. The second-order valence-corrected chi connectivity index (χ2v) is 8.18. The SMILES string of the molecule is O=C1/C(=C/c2ccc(O)cc2)SC(=Nc2ccc(NS(=O)O)cc2)N1c1ccccc1. The largest absolute Gasteiger partial charge is 0.508 e. The van der Waals surface area contributed by atoms with Gasteiger partial charge in [-0.25, -0.2) is 9.20 Å². The summed E-state index contributed by atoms with van der Waals surface area (Å²) in [4.78, 5) is 19.9. The first-order chi connectivity index (χ1) is 15.0. The Hall–Kier alpha value is -3.40. The van der Waals surface area contributed by atoms with Gasteiger partial charge in [-0.2, -0.15) is 0 Å². The molecule has 1 heterocycles. The van der Waals surface area contributed by atoms with Gasteiger partial charge in [0, 0.05) is 5.69 Å². The van der Waals surface area contributed by atoms with Crippen LogP contribution in [-0.2, 0) is 16.1 Å². The Morgan fingerprint density at radius 1 is 0.968 bits per heavy atom. The summed E-state index contributed by atoms with van der Waals surface area (Å²) in [7, 11) is 0. The lowest BCUT2D eigenvalue weighted by atomic mass is 10.2. The Morgan fingerprint density at radius 3 is 2.29 bits per heavy atom. The first-order valence-electron chi connectivity index (χ1n) is 9.14. The highest BCUT2D eigenvalue weighted by Crippen LogP contribution is 2.37. The van der Waals surface area contributed by atoms with Gasteiger partial charge in [0.15, 0.2) is 5.17 Å². The molecule has 9 heteroatoms. The number of hydrogen-bond acceptors (Lipinski definition) is 5. The molecule has 1 aliphatic heterocycles. The van der Waals surface area contributed by atoms with E-state index in [0.29, 0.717) is 27.1 Å². The van der Waals surface area contributed by atoms with E-state index in [0.717, 1.165) is 5.56 Å². The number of aliphatic imine (C=N–C) groups is 1. The average molecular weight is 452 g/mol. The summed E-state index contributed by atoms with van der Waals surface area (Å²) in [6, 6.07) is 22.5. The van der Waals surface area contributed by atoms with Crippen LogP contribution in [0.1, 0.15) is 5.56 Å². The third-order valence-corrected chi connectivity index (χ3v) is 5.69. The van der Waals surface area contributed by atoms with E-state index in [1.165, 1.54) is 11.8 Å². The molecule has 1 amide bonds. The molecule has 31 heavy (non-hydrogen) atoms. The Balaban J connectivity index is 1.70. The number of nitrogens with zero attached hydrogens (tertiary/aromatic N) is 2. The van der Waals surface area contributed by atoms with Crippen molar-refractivity contribution in [2.75, 3.05) is 9.62 Å². The summed E-state index contributed by atoms with van der Waals surface area (Å²) in [5.41, 5.74) is 2.56. The highest BCUT2D eigenvalue weighted by atomic mass is 32.2. The quantitative estimate of drug-likeness (QED) is 0.384. The zero-order chi connectivity index (χ0) is 21.8. The molecule has 0 saturated carbocycles.